The van der Waals surface area contributed by atoms with Crippen LogP contribution in [0.4, 0.5) is 0 Å². The van der Waals surface area contributed by atoms with E-state index in [9.17, 15) is 14.7 Å². The predicted molar refractivity (Wildman–Crippen MR) is 53.4 cm³/mol. The van der Waals surface area contributed by atoms with Gasteiger partial charge in [-0.2, -0.15) is 14.7 Å². The molecule has 0 N–H and O–H groups in total. The van der Waals surface area contributed by atoms with Crippen LogP contribution in [0, 0.1) is 14.7 Å². The lowest BCUT2D eigenvalue weighted by Crippen LogP contribution is -2.53. The van der Waals surface area contributed by atoms with Crippen molar-refractivity contribution >= 4 is 0 Å². The first-order valence-corrected chi connectivity index (χ1v) is 4.82. The Morgan fingerprint density at radius 3 is 1.93 bits per heavy atom. The van der Waals surface area contributed by atoms with E-state index in [0.717, 1.165) is 0 Å². The maximum absolute atomic E-state index is 10.6. The standard InChI is InChI=1S/C8H13N3O4/c1-3-5-7(10-13)8(11-14)6(9-12)4(2)15-5/h4-8H,3H2,1-2H3. The Kier molecular flexibility index (Phi) is 3.96. The maximum Gasteiger partial charge on any atom is 0.148 e. The first-order valence-electron chi connectivity index (χ1n) is 4.82. The van der Waals surface area contributed by atoms with Crippen LogP contribution in [0.25, 0.3) is 0 Å². The summed E-state index contributed by atoms with van der Waals surface area (Å²) < 4.78 is 5.39. The Hall–Kier alpha value is -1.24. The Morgan fingerprint density at radius 1 is 1.00 bits per heavy atom. The van der Waals surface area contributed by atoms with Gasteiger partial charge >= 0.3 is 0 Å². The summed E-state index contributed by atoms with van der Waals surface area (Å²) in [5.74, 6) is 0. The molecule has 0 aliphatic carbocycles. The van der Waals surface area contributed by atoms with Gasteiger partial charge in [0.25, 0.3) is 0 Å². The van der Waals surface area contributed by atoms with Crippen molar-refractivity contribution in [3.63, 3.8) is 0 Å². The summed E-state index contributed by atoms with van der Waals surface area (Å²) in [4.78, 5) is 31.7. The van der Waals surface area contributed by atoms with E-state index < -0.39 is 30.3 Å². The van der Waals surface area contributed by atoms with Gasteiger partial charge in [0.05, 0.1) is 12.2 Å². The normalized spacial score (nSPS) is 40.8. The molecule has 5 atom stereocenters. The number of ether oxygens (including phenoxy) is 1. The van der Waals surface area contributed by atoms with E-state index in [1.165, 1.54) is 0 Å². The molecule has 1 rings (SSSR count). The van der Waals surface area contributed by atoms with Gasteiger partial charge in [0.2, 0.25) is 0 Å². The molecule has 1 aliphatic heterocycles. The highest BCUT2D eigenvalue weighted by molar-refractivity contribution is 5.02. The first-order chi connectivity index (χ1) is 7.19. The van der Waals surface area contributed by atoms with Crippen LogP contribution < -0.4 is 0 Å². The minimum absolute atomic E-state index is 0.460. The molecule has 0 amide bonds. The highest BCUT2D eigenvalue weighted by Crippen LogP contribution is 2.28. The van der Waals surface area contributed by atoms with Gasteiger partial charge in [0.15, 0.2) is 0 Å². The van der Waals surface area contributed by atoms with E-state index >= 15 is 0 Å². The molecule has 15 heavy (non-hydrogen) atoms. The van der Waals surface area contributed by atoms with Crippen LogP contribution in [0.1, 0.15) is 20.3 Å². The number of rotatable bonds is 4. The second-order valence-corrected chi connectivity index (χ2v) is 3.58. The summed E-state index contributed by atoms with van der Waals surface area (Å²) in [5, 5.41) is 8.38. The Balaban J connectivity index is 2.94. The fourth-order valence-electron chi connectivity index (χ4n) is 1.88. The van der Waals surface area contributed by atoms with Gasteiger partial charge in [0.1, 0.15) is 18.1 Å². The highest BCUT2D eigenvalue weighted by Gasteiger charge is 2.46. The van der Waals surface area contributed by atoms with Crippen molar-refractivity contribution in [1.29, 1.82) is 0 Å². The molecule has 1 aliphatic rings. The van der Waals surface area contributed by atoms with Gasteiger partial charge in [-0.15, -0.1) is 0 Å². The molecule has 0 spiro atoms. The predicted octanol–water partition coefficient (Wildman–Crippen LogP) is 1.59. The number of nitroso groups, excluding NO2 is 3. The van der Waals surface area contributed by atoms with Crippen LogP contribution in [-0.2, 0) is 4.74 Å². The Labute approximate surface area is 86.5 Å². The van der Waals surface area contributed by atoms with Crippen molar-refractivity contribution in [2.45, 2.75) is 50.6 Å². The number of hydrogen-bond acceptors (Lipinski definition) is 7. The molecule has 7 nitrogen and oxygen atoms in total. The van der Waals surface area contributed by atoms with E-state index in [1.807, 2.05) is 6.92 Å². The third-order valence-electron chi connectivity index (χ3n) is 2.72. The fourth-order valence-corrected chi connectivity index (χ4v) is 1.88. The van der Waals surface area contributed by atoms with Crippen molar-refractivity contribution in [3.05, 3.63) is 14.7 Å². The molecule has 5 unspecified atom stereocenters. The zero-order valence-electron chi connectivity index (χ0n) is 8.57. The molecule has 0 bridgehead atoms. The second-order valence-electron chi connectivity index (χ2n) is 3.58. The van der Waals surface area contributed by atoms with Gasteiger partial charge in [-0.3, -0.25) is 0 Å². The van der Waals surface area contributed by atoms with Gasteiger partial charge in [-0.05, 0) is 13.3 Å². The van der Waals surface area contributed by atoms with Crippen LogP contribution in [0.15, 0.2) is 15.5 Å². The topological polar surface area (TPSA) is 97.5 Å². The van der Waals surface area contributed by atoms with Crippen LogP contribution in [0.2, 0.25) is 0 Å². The third-order valence-corrected chi connectivity index (χ3v) is 2.72. The zero-order chi connectivity index (χ0) is 11.4. The lowest BCUT2D eigenvalue weighted by molar-refractivity contribution is -0.0707. The molecule has 84 valence electrons. The first kappa shape index (κ1) is 11.8. The third kappa shape index (κ3) is 2.06. The van der Waals surface area contributed by atoms with Crippen molar-refractivity contribution in [3.8, 4) is 0 Å². The molecule has 1 saturated heterocycles. The Morgan fingerprint density at radius 2 is 1.53 bits per heavy atom. The van der Waals surface area contributed by atoms with Crippen LogP contribution >= 0.6 is 0 Å². The van der Waals surface area contributed by atoms with Crippen LogP contribution in [0.5, 0.6) is 0 Å². The number of hydrogen-bond donors (Lipinski definition) is 0. The van der Waals surface area contributed by atoms with Gasteiger partial charge in [0, 0.05) is 0 Å². The molecule has 0 aromatic rings. The average Bonchev–Trinajstić information content (AvgIpc) is 2.27. The number of nitrogens with zero attached hydrogens (tertiary/aromatic N) is 3. The molecular formula is C8H13N3O4. The quantitative estimate of drug-likeness (QED) is 0.665. The molecular weight excluding hydrogens is 202 g/mol. The monoisotopic (exact) mass is 215 g/mol. The van der Waals surface area contributed by atoms with E-state index in [4.69, 9.17) is 4.74 Å². The molecule has 7 heteroatoms. The van der Waals surface area contributed by atoms with Gasteiger partial charge in [-0.25, -0.2) is 0 Å². The summed E-state index contributed by atoms with van der Waals surface area (Å²) in [6.07, 6.45) is -0.426. The summed E-state index contributed by atoms with van der Waals surface area (Å²) in [6.45, 7) is 3.44. The van der Waals surface area contributed by atoms with Crippen molar-refractivity contribution in [2.24, 2.45) is 15.5 Å². The van der Waals surface area contributed by atoms with Gasteiger partial charge < -0.3 is 4.74 Å². The van der Waals surface area contributed by atoms with E-state index in [-0.39, 0.29) is 0 Å². The van der Waals surface area contributed by atoms with Gasteiger partial charge in [-0.1, -0.05) is 22.5 Å². The molecule has 0 radical (unpaired) electrons. The smallest absolute Gasteiger partial charge is 0.148 e. The second kappa shape index (κ2) is 5.01. The summed E-state index contributed by atoms with van der Waals surface area (Å²) in [6, 6.07) is -2.84. The summed E-state index contributed by atoms with van der Waals surface area (Å²) >= 11 is 0. The zero-order valence-corrected chi connectivity index (χ0v) is 8.57. The molecule has 0 aromatic heterocycles. The maximum atomic E-state index is 10.6. The van der Waals surface area contributed by atoms with E-state index in [0.29, 0.717) is 6.42 Å². The van der Waals surface area contributed by atoms with E-state index in [2.05, 4.69) is 15.5 Å². The summed E-state index contributed by atoms with van der Waals surface area (Å²) in [7, 11) is 0. The molecule has 1 fully saturated rings. The average molecular weight is 215 g/mol. The lowest BCUT2D eigenvalue weighted by Gasteiger charge is -2.36. The Bertz CT molecular complexity index is 260. The summed E-state index contributed by atoms with van der Waals surface area (Å²) in [5.41, 5.74) is 0. The molecule has 1 heterocycles. The molecule has 0 saturated carbocycles. The van der Waals surface area contributed by atoms with Crippen LogP contribution in [-0.4, -0.2) is 30.3 Å². The minimum Gasteiger partial charge on any atom is -0.370 e. The lowest BCUT2D eigenvalue weighted by atomic mass is 9.89. The fraction of sp³-hybridized carbons (Fsp3) is 1.00. The molecule has 0 aromatic carbocycles. The SMILES string of the molecule is CCC1OC(C)C(N=O)C(N=O)C1N=O. The highest BCUT2D eigenvalue weighted by atomic mass is 16.5. The minimum atomic E-state index is -1.01. The van der Waals surface area contributed by atoms with E-state index in [1.54, 1.807) is 6.92 Å². The largest absolute Gasteiger partial charge is 0.370 e. The van der Waals surface area contributed by atoms with Crippen LogP contribution in [0.3, 0.4) is 0 Å². The van der Waals surface area contributed by atoms with Crippen molar-refractivity contribution in [1.82, 2.24) is 0 Å². The van der Waals surface area contributed by atoms with Crippen molar-refractivity contribution in [2.75, 3.05) is 0 Å². The van der Waals surface area contributed by atoms with Crippen molar-refractivity contribution < 1.29 is 4.74 Å².